The van der Waals surface area contributed by atoms with Crippen LogP contribution in [0.3, 0.4) is 0 Å². The Morgan fingerprint density at radius 1 is 0.607 bits per heavy atom. The zero-order valence-corrected chi connectivity index (χ0v) is 52.7. The molecule has 24 heteroatoms. The summed E-state index contributed by atoms with van der Waals surface area (Å²) in [5.41, 5.74) is -1.12. The third-order valence-corrected chi connectivity index (χ3v) is 10.8. The summed E-state index contributed by atoms with van der Waals surface area (Å²) < 4.78 is 50.0. The number of imidazole rings is 1. The molecule has 6 amide bonds. The Labute approximate surface area is 494 Å². The molecule has 0 radical (unpaired) electrons. The summed E-state index contributed by atoms with van der Waals surface area (Å²) in [5, 5.41) is 2.66. The van der Waals surface area contributed by atoms with Crippen molar-refractivity contribution in [3.05, 3.63) is 66.0 Å². The van der Waals surface area contributed by atoms with Crippen LogP contribution in [0.15, 0.2) is 54.9 Å². The van der Waals surface area contributed by atoms with Crippen LogP contribution in [0, 0.1) is 0 Å². The number of nitrogens with zero attached hydrogens (tertiary/aromatic N) is 7. The Morgan fingerprint density at radius 2 is 1.10 bits per heavy atom. The second-order valence-corrected chi connectivity index (χ2v) is 23.8. The number of esters is 1. The number of nitrogens with one attached hydrogen (secondary N) is 1. The van der Waals surface area contributed by atoms with Crippen molar-refractivity contribution in [2.45, 2.75) is 172 Å². The van der Waals surface area contributed by atoms with Crippen molar-refractivity contribution in [1.82, 2.24) is 29.7 Å². The fraction of sp³-hybridized carbons (Fsp3) is 0.600. The quantitative estimate of drug-likeness (QED) is 0.0519. The van der Waals surface area contributed by atoms with Gasteiger partial charge in [-0.1, -0.05) is 69.3 Å². The van der Waals surface area contributed by atoms with Crippen LogP contribution in [0.25, 0.3) is 22.3 Å². The standard InChI is InChI=1S/C49H64N8O13.C9H20O3.C2H6/c1-14-25-65-36(59)27-54(24-23-50-41(60)66-28-34-32-21-17-15-19-30(32)31-20-16-18-22-33(31)34)35(58)26-55-29-51-37-38(55)52-40(57(44(63)69-48(8,9)10)45(64)70-49(11,12)13)53-39(37)56(42(61)67-46(2,3)4)43(62)68-47(5,6)7;1-9(2,3)12-8-7-11-6-5-10-4;1-2/h15-22,29,34H,14,23-28H2,1-13H3,(H,50,60);5-8H2,1-4H3;1-2H3. The second kappa shape index (κ2) is 31.5. The Kier molecular flexibility index (Phi) is 26.5. The van der Waals surface area contributed by atoms with Gasteiger partial charge in [0.25, 0.3) is 0 Å². The van der Waals surface area contributed by atoms with E-state index in [0.29, 0.717) is 42.6 Å². The van der Waals surface area contributed by atoms with Gasteiger partial charge in [-0.25, -0.2) is 29.0 Å². The fourth-order valence-corrected chi connectivity index (χ4v) is 7.55. The molecule has 4 aromatic rings. The van der Waals surface area contributed by atoms with E-state index in [0.717, 1.165) is 33.5 Å². The first kappa shape index (κ1) is 70.8. The maximum atomic E-state index is 14.3. The molecule has 1 aliphatic carbocycles. The number of hydrogen-bond acceptors (Lipinski definition) is 19. The zero-order valence-electron chi connectivity index (χ0n) is 52.7. The van der Waals surface area contributed by atoms with Crippen LogP contribution >= 0.6 is 0 Å². The molecule has 5 rings (SSSR count). The Bertz CT molecular complexity index is 2740. The molecule has 0 spiro atoms. The minimum absolute atomic E-state index is 0.0456. The number of ether oxygens (including phenoxy) is 9. The van der Waals surface area contributed by atoms with E-state index in [4.69, 9.17) is 42.6 Å². The predicted molar refractivity (Wildman–Crippen MR) is 316 cm³/mol. The molecule has 84 heavy (non-hydrogen) atoms. The van der Waals surface area contributed by atoms with Gasteiger partial charge in [-0.05, 0) is 133 Å². The summed E-state index contributed by atoms with van der Waals surface area (Å²) >= 11 is 0. The number of amides is 6. The average molecular weight is 1180 g/mol. The highest BCUT2D eigenvalue weighted by Crippen LogP contribution is 2.44. The third-order valence-electron chi connectivity index (χ3n) is 10.8. The molecular formula is C60H90N8O16. The Hall–Kier alpha value is -7.44. The molecule has 0 fully saturated rings. The molecular weight excluding hydrogens is 1090 g/mol. The van der Waals surface area contributed by atoms with Gasteiger partial charge in [0, 0.05) is 26.1 Å². The van der Waals surface area contributed by atoms with Crippen molar-refractivity contribution in [3.63, 3.8) is 0 Å². The van der Waals surface area contributed by atoms with Crippen molar-refractivity contribution >= 4 is 65.3 Å². The van der Waals surface area contributed by atoms with E-state index in [1.165, 1.54) is 4.57 Å². The van der Waals surface area contributed by atoms with E-state index < -0.39 is 89.6 Å². The summed E-state index contributed by atoms with van der Waals surface area (Å²) in [5.74, 6) is -3.01. The van der Waals surface area contributed by atoms with Crippen molar-refractivity contribution in [1.29, 1.82) is 0 Å². The minimum Gasteiger partial charge on any atom is -0.464 e. The highest BCUT2D eigenvalue weighted by Gasteiger charge is 2.40. The van der Waals surface area contributed by atoms with E-state index in [1.54, 1.807) is 90.2 Å². The number of imide groups is 2. The largest absolute Gasteiger partial charge is 0.464 e. The molecule has 0 aliphatic heterocycles. The lowest BCUT2D eigenvalue weighted by Gasteiger charge is -2.29. The van der Waals surface area contributed by atoms with Crippen LogP contribution < -0.4 is 15.1 Å². The van der Waals surface area contributed by atoms with E-state index in [9.17, 15) is 33.6 Å². The van der Waals surface area contributed by atoms with Gasteiger partial charge < -0.3 is 57.4 Å². The van der Waals surface area contributed by atoms with Crippen molar-refractivity contribution in [2.24, 2.45) is 0 Å². The van der Waals surface area contributed by atoms with Crippen LogP contribution in [0.1, 0.15) is 148 Å². The first-order valence-corrected chi connectivity index (χ1v) is 28.1. The molecule has 1 N–H and O–H groups in total. The molecule has 0 unspecified atom stereocenters. The van der Waals surface area contributed by atoms with Crippen LogP contribution in [-0.2, 0) is 58.8 Å². The minimum atomic E-state index is -1.30. The van der Waals surface area contributed by atoms with E-state index in [1.807, 2.05) is 90.1 Å². The maximum Gasteiger partial charge on any atom is 0.427 e. The van der Waals surface area contributed by atoms with Crippen molar-refractivity contribution < 1.29 is 76.2 Å². The molecule has 2 heterocycles. The summed E-state index contributed by atoms with van der Waals surface area (Å²) in [4.78, 5) is 112. The molecule has 1 aliphatic rings. The van der Waals surface area contributed by atoms with Crippen LogP contribution in [0.4, 0.5) is 35.7 Å². The number of methoxy groups -OCH3 is 1. The van der Waals surface area contributed by atoms with Crippen molar-refractivity contribution in [3.8, 4) is 11.1 Å². The van der Waals surface area contributed by atoms with E-state index in [-0.39, 0.29) is 49.0 Å². The van der Waals surface area contributed by atoms with E-state index in [2.05, 4.69) is 20.3 Å². The topological polar surface area (TPSA) is 268 Å². The molecule has 24 nitrogen and oxygen atoms in total. The first-order chi connectivity index (χ1) is 39.1. The first-order valence-electron chi connectivity index (χ1n) is 28.1. The number of rotatable bonds is 19. The van der Waals surface area contributed by atoms with E-state index >= 15 is 0 Å². The number of carbonyl (C=O) groups excluding carboxylic acids is 7. The SMILES string of the molecule is CC.CCCOC(=O)CN(CCNC(=O)OCC1c2ccccc2-c2ccccc21)C(=O)Cn1cnc2c(N(C(=O)OC(C)(C)C)C(=O)OC(C)(C)C)nc(N(C(=O)OC(C)(C)C)C(=O)OC(C)(C)C)nc21.COCCOCCOC(C)(C)C. The number of aromatic nitrogens is 4. The summed E-state index contributed by atoms with van der Waals surface area (Å²) in [6.45, 7) is 31.8. The number of benzene rings is 2. The average Bonchev–Trinajstić information content (AvgIpc) is 4.15. The lowest BCUT2D eigenvalue weighted by atomic mass is 9.98. The smallest absolute Gasteiger partial charge is 0.427 e. The van der Waals surface area contributed by atoms with Gasteiger partial charge in [-0.3, -0.25) is 9.59 Å². The summed E-state index contributed by atoms with van der Waals surface area (Å²) in [6, 6.07) is 15.8. The summed E-state index contributed by atoms with van der Waals surface area (Å²) in [6.07, 6.45) is -4.24. The van der Waals surface area contributed by atoms with Crippen molar-refractivity contribution in [2.75, 3.05) is 76.2 Å². The Balaban J connectivity index is 0.00000117. The molecule has 0 atom stereocenters. The lowest BCUT2D eigenvalue weighted by Crippen LogP contribution is -2.46. The normalized spacial score (nSPS) is 12.2. The predicted octanol–water partition coefficient (Wildman–Crippen LogP) is 11.0. The second-order valence-electron chi connectivity index (χ2n) is 23.8. The Morgan fingerprint density at radius 3 is 1.57 bits per heavy atom. The molecule has 0 saturated carbocycles. The van der Waals surface area contributed by atoms with Crippen LogP contribution in [0.2, 0.25) is 0 Å². The van der Waals surface area contributed by atoms with Gasteiger partial charge in [0.1, 0.15) is 42.1 Å². The van der Waals surface area contributed by atoms with Crippen LogP contribution in [-0.4, -0.2) is 161 Å². The van der Waals surface area contributed by atoms with Crippen LogP contribution in [0.5, 0.6) is 0 Å². The maximum absolute atomic E-state index is 14.3. The molecule has 2 aromatic heterocycles. The molecule has 2 aromatic carbocycles. The highest BCUT2D eigenvalue weighted by atomic mass is 16.6. The van der Waals surface area contributed by atoms with Gasteiger partial charge in [0.2, 0.25) is 11.9 Å². The van der Waals surface area contributed by atoms with Gasteiger partial charge >= 0.3 is 36.4 Å². The summed E-state index contributed by atoms with van der Waals surface area (Å²) in [7, 11) is 1.66. The van der Waals surface area contributed by atoms with Gasteiger partial charge in [-0.2, -0.15) is 14.9 Å². The number of hydrogen-bond donors (Lipinski definition) is 1. The van der Waals surface area contributed by atoms with Gasteiger partial charge in [0.05, 0.1) is 45.0 Å². The van der Waals surface area contributed by atoms with Gasteiger partial charge in [0.15, 0.2) is 17.0 Å². The molecule has 466 valence electrons. The fourth-order valence-electron chi connectivity index (χ4n) is 7.55. The molecule has 0 saturated heterocycles. The zero-order chi connectivity index (χ0) is 63.4. The monoisotopic (exact) mass is 1180 g/mol. The lowest BCUT2D eigenvalue weighted by molar-refractivity contribution is -0.149. The number of anilines is 2. The number of alkyl carbamates (subject to hydrolysis) is 1. The van der Waals surface area contributed by atoms with Gasteiger partial charge in [-0.15, -0.1) is 4.90 Å². The third kappa shape index (κ3) is 23.3. The molecule has 0 bridgehead atoms. The highest BCUT2D eigenvalue weighted by molar-refractivity contribution is 6.14. The number of fused-ring (bicyclic) bond motifs is 4. The number of carbonyl (C=O) groups is 7.